The van der Waals surface area contributed by atoms with Crippen LogP contribution >= 0.6 is 0 Å². The number of aryl methyl sites for hydroxylation is 2. The highest BCUT2D eigenvalue weighted by atomic mass is 32.2. The first-order valence-electron chi connectivity index (χ1n) is 9.37. The Bertz CT molecular complexity index is 1160. The maximum atomic E-state index is 12.4. The Morgan fingerprint density at radius 3 is 2.07 bits per heavy atom. The molecule has 156 valence electrons. The summed E-state index contributed by atoms with van der Waals surface area (Å²) in [6.07, 6.45) is 1.14. The van der Waals surface area contributed by atoms with E-state index in [0.29, 0.717) is 11.4 Å². The number of rotatable bonds is 5. The zero-order valence-corrected chi connectivity index (χ0v) is 17.9. The van der Waals surface area contributed by atoms with Crippen molar-refractivity contribution in [2.24, 2.45) is 0 Å². The molecule has 0 spiro atoms. The molecule has 0 saturated heterocycles. The van der Waals surface area contributed by atoms with E-state index in [0.717, 1.165) is 34.1 Å². The molecule has 3 N–H and O–H groups in total. The predicted octanol–water partition coefficient (Wildman–Crippen LogP) is 4.51. The van der Waals surface area contributed by atoms with Crippen molar-refractivity contribution in [2.45, 2.75) is 25.3 Å². The lowest BCUT2D eigenvalue weighted by Crippen LogP contribution is -2.19. The largest absolute Gasteiger partial charge is 0.392 e. The quantitative estimate of drug-likeness (QED) is 0.561. The highest BCUT2D eigenvalue weighted by Gasteiger charge is 2.11. The van der Waals surface area contributed by atoms with Crippen molar-refractivity contribution in [1.29, 1.82) is 0 Å². The standard InChI is InChI=1S/C23H24N2O4S/c1-15-11-20(12-16(2)22(15)18-6-4-5-17(13-18)14-26)25-23(27)24-19-7-9-21(10-8-19)30(3,28)29/h4-13,26H,14H2,1-3H3,(H2,24,25,27). The van der Waals surface area contributed by atoms with Crippen LogP contribution in [0.1, 0.15) is 16.7 Å². The Morgan fingerprint density at radius 1 is 0.900 bits per heavy atom. The summed E-state index contributed by atoms with van der Waals surface area (Å²) in [5.41, 5.74) is 6.06. The van der Waals surface area contributed by atoms with Gasteiger partial charge in [-0.25, -0.2) is 13.2 Å². The van der Waals surface area contributed by atoms with Crippen LogP contribution in [0.25, 0.3) is 11.1 Å². The van der Waals surface area contributed by atoms with Crippen LogP contribution in [-0.2, 0) is 16.4 Å². The van der Waals surface area contributed by atoms with E-state index in [1.165, 1.54) is 12.1 Å². The van der Waals surface area contributed by atoms with Gasteiger partial charge in [0.15, 0.2) is 9.84 Å². The number of hydrogen-bond donors (Lipinski definition) is 3. The molecule has 0 atom stereocenters. The SMILES string of the molecule is Cc1cc(NC(=O)Nc2ccc(S(C)(=O)=O)cc2)cc(C)c1-c1cccc(CO)c1. The molecule has 3 rings (SSSR count). The zero-order chi connectivity index (χ0) is 21.9. The highest BCUT2D eigenvalue weighted by molar-refractivity contribution is 7.90. The molecule has 0 aliphatic rings. The van der Waals surface area contributed by atoms with Crippen LogP contribution < -0.4 is 10.6 Å². The van der Waals surface area contributed by atoms with E-state index in [-0.39, 0.29) is 11.5 Å². The highest BCUT2D eigenvalue weighted by Crippen LogP contribution is 2.30. The molecule has 30 heavy (non-hydrogen) atoms. The van der Waals surface area contributed by atoms with Gasteiger partial charge in [0.25, 0.3) is 0 Å². The Labute approximate surface area is 176 Å². The van der Waals surface area contributed by atoms with Gasteiger partial charge < -0.3 is 15.7 Å². The minimum absolute atomic E-state index is 0.0170. The number of nitrogens with one attached hydrogen (secondary N) is 2. The number of urea groups is 1. The summed E-state index contributed by atoms with van der Waals surface area (Å²) in [4.78, 5) is 12.6. The number of benzene rings is 3. The van der Waals surface area contributed by atoms with Gasteiger partial charge >= 0.3 is 6.03 Å². The molecular formula is C23H24N2O4S. The van der Waals surface area contributed by atoms with Gasteiger partial charge in [-0.2, -0.15) is 0 Å². The second-order valence-corrected chi connectivity index (χ2v) is 9.23. The fourth-order valence-electron chi connectivity index (χ4n) is 3.40. The van der Waals surface area contributed by atoms with Gasteiger partial charge in [-0.3, -0.25) is 0 Å². The molecule has 0 unspecified atom stereocenters. The number of hydrogen-bond acceptors (Lipinski definition) is 4. The number of carbonyl (C=O) groups excluding carboxylic acids is 1. The van der Waals surface area contributed by atoms with E-state index in [2.05, 4.69) is 10.6 Å². The molecule has 6 nitrogen and oxygen atoms in total. The maximum absolute atomic E-state index is 12.4. The molecule has 3 aromatic rings. The monoisotopic (exact) mass is 424 g/mol. The molecule has 0 aromatic heterocycles. The summed E-state index contributed by atoms with van der Waals surface area (Å²) in [7, 11) is -3.28. The Hall–Kier alpha value is -3.16. The summed E-state index contributed by atoms with van der Waals surface area (Å²) < 4.78 is 23.1. The molecule has 7 heteroatoms. The summed E-state index contributed by atoms with van der Waals surface area (Å²) in [6, 6.07) is 17.1. The van der Waals surface area contributed by atoms with Crippen molar-refractivity contribution in [3.63, 3.8) is 0 Å². The van der Waals surface area contributed by atoms with Crippen LogP contribution in [-0.4, -0.2) is 25.8 Å². The summed E-state index contributed by atoms with van der Waals surface area (Å²) in [5, 5.41) is 14.9. The summed E-state index contributed by atoms with van der Waals surface area (Å²) in [5.74, 6) is 0. The Balaban J connectivity index is 1.76. The first kappa shape index (κ1) is 21.5. The molecular weight excluding hydrogens is 400 g/mol. The molecule has 0 aliphatic heterocycles. The van der Waals surface area contributed by atoms with Gasteiger partial charge in [0.2, 0.25) is 0 Å². The second kappa shape index (κ2) is 8.69. The van der Waals surface area contributed by atoms with Crippen molar-refractivity contribution in [3.05, 3.63) is 77.4 Å². The zero-order valence-electron chi connectivity index (χ0n) is 17.1. The van der Waals surface area contributed by atoms with Crippen LogP contribution in [0.5, 0.6) is 0 Å². The lowest BCUT2D eigenvalue weighted by atomic mass is 9.94. The predicted molar refractivity (Wildman–Crippen MR) is 119 cm³/mol. The number of amides is 2. The van der Waals surface area contributed by atoms with Gasteiger partial charge in [0.05, 0.1) is 11.5 Å². The number of aliphatic hydroxyl groups is 1. The van der Waals surface area contributed by atoms with E-state index in [1.54, 1.807) is 12.1 Å². The van der Waals surface area contributed by atoms with Gasteiger partial charge in [-0.15, -0.1) is 0 Å². The van der Waals surface area contributed by atoms with Crippen molar-refractivity contribution in [1.82, 2.24) is 0 Å². The molecule has 0 saturated carbocycles. The second-order valence-electron chi connectivity index (χ2n) is 7.22. The lowest BCUT2D eigenvalue weighted by Gasteiger charge is -2.15. The maximum Gasteiger partial charge on any atom is 0.323 e. The van der Waals surface area contributed by atoms with Crippen molar-refractivity contribution < 1.29 is 18.3 Å². The molecule has 0 radical (unpaired) electrons. The number of anilines is 2. The third-order valence-electron chi connectivity index (χ3n) is 4.73. The molecule has 0 fully saturated rings. The minimum Gasteiger partial charge on any atom is -0.392 e. The van der Waals surface area contributed by atoms with Gasteiger partial charge in [0, 0.05) is 17.6 Å². The fraction of sp³-hybridized carbons (Fsp3) is 0.174. The first-order valence-corrected chi connectivity index (χ1v) is 11.3. The molecule has 0 heterocycles. The van der Waals surface area contributed by atoms with Crippen molar-refractivity contribution in [2.75, 3.05) is 16.9 Å². The lowest BCUT2D eigenvalue weighted by molar-refractivity contribution is 0.262. The molecule has 3 aromatic carbocycles. The third kappa shape index (κ3) is 5.06. The fourth-order valence-corrected chi connectivity index (χ4v) is 4.03. The van der Waals surface area contributed by atoms with E-state index >= 15 is 0 Å². The molecule has 2 amide bonds. The Morgan fingerprint density at radius 2 is 1.50 bits per heavy atom. The average molecular weight is 425 g/mol. The van der Waals surface area contributed by atoms with Gasteiger partial charge in [-0.05, 0) is 84.1 Å². The topological polar surface area (TPSA) is 95.5 Å². The number of aliphatic hydroxyl groups excluding tert-OH is 1. The normalized spacial score (nSPS) is 11.2. The van der Waals surface area contributed by atoms with E-state index in [4.69, 9.17) is 0 Å². The van der Waals surface area contributed by atoms with Crippen molar-refractivity contribution in [3.8, 4) is 11.1 Å². The van der Waals surface area contributed by atoms with E-state index in [1.807, 2.05) is 50.2 Å². The number of sulfone groups is 1. The summed E-state index contributed by atoms with van der Waals surface area (Å²) in [6.45, 7) is 3.93. The van der Waals surface area contributed by atoms with Crippen LogP contribution in [0.15, 0.2) is 65.6 Å². The average Bonchev–Trinajstić information content (AvgIpc) is 2.67. The molecule has 0 aliphatic carbocycles. The van der Waals surface area contributed by atoms with Gasteiger partial charge in [0.1, 0.15) is 0 Å². The van der Waals surface area contributed by atoms with Gasteiger partial charge in [-0.1, -0.05) is 18.2 Å². The van der Waals surface area contributed by atoms with Crippen molar-refractivity contribution >= 4 is 27.2 Å². The van der Waals surface area contributed by atoms with Crippen LogP contribution in [0.2, 0.25) is 0 Å². The number of carbonyl (C=O) groups is 1. The van der Waals surface area contributed by atoms with Crippen LogP contribution in [0.4, 0.5) is 16.2 Å². The third-order valence-corrected chi connectivity index (χ3v) is 5.86. The molecule has 0 bridgehead atoms. The van der Waals surface area contributed by atoms with Crippen LogP contribution in [0, 0.1) is 13.8 Å². The van der Waals surface area contributed by atoms with E-state index < -0.39 is 15.9 Å². The minimum atomic E-state index is -3.28. The first-order chi connectivity index (χ1) is 14.2. The smallest absolute Gasteiger partial charge is 0.323 e. The van der Waals surface area contributed by atoms with E-state index in [9.17, 15) is 18.3 Å². The Kier molecular flexibility index (Phi) is 6.24. The summed E-state index contributed by atoms with van der Waals surface area (Å²) >= 11 is 0. The van der Waals surface area contributed by atoms with Crippen LogP contribution in [0.3, 0.4) is 0 Å².